The van der Waals surface area contributed by atoms with Crippen LogP contribution in [0.2, 0.25) is 0 Å². The summed E-state index contributed by atoms with van der Waals surface area (Å²) in [7, 11) is 0. The normalized spacial score (nSPS) is 16.4. The van der Waals surface area contributed by atoms with Gasteiger partial charge in [-0.15, -0.1) is 0 Å². The number of halogens is 1. The lowest BCUT2D eigenvalue weighted by atomic mass is 10.1. The van der Waals surface area contributed by atoms with Crippen molar-refractivity contribution in [2.24, 2.45) is 0 Å². The average Bonchev–Trinajstić information content (AvgIpc) is 3.34. The number of H-pyrrole nitrogens is 1. The highest BCUT2D eigenvalue weighted by molar-refractivity contribution is 5.77. The standard InChI is InChI=1S/C23H26FN3O2/c1-16-4-2-5-17(12-16)14-27(15-19-6-3-11-29-19)23(28)10-9-22-25-20-8-7-18(24)13-21(20)26-22/h2,4-5,7-8,12-13,19H,3,6,9-11,14-15H2,1H3,(H,25,26). The Balaban J connectivity index is 1.44. The molecule has 1 amide bonds. The lowest BCUT2D eigenvalue weighted by molar-refractivity contribution is -0.133. The molecule has 1 saturated heterocycles. The lowest BCUT2D eigenvalue weighted by Crippen LogP contribution is -2.37. The van der Waals surface area contributed by atoms with E-state index in [1.807, 2.05) is 11.0 Å². The van der Waals surface area contributed by atoms with Gasteiger partial charge in [0.05, 0.1) is 17.1 Å². The number of hydrogen-bond donors (Lipinski definition) is 1. The SMILES string of the molecule is Cc1cccc(CN(CC2CCCO2)C(=O)CCc2nc3ccc(F)cc3[nH]2)c1. The number of aryl methyl sites for hydroxylation is 2. The predicted molar refractivity (Wildman–Crippen MR) is 110 cm³/mol. The molecule has 0 spiro atoms. The zero-order chi connectivity index (χ0) is 20.2. The van der Waals surface area contributed by atoms with Gasteiger partial charge in [0.25, 0.3) is 0 Å². The van der Waals surface area contributed by atoms with Crippen molar-refractivity contribution in [3.8, 4) is 0 Å². The van der Waals surface area contributed by atoms with Crippen LogP contribution in [-0.4, -0.2) is 40.0 Å². The number of nitrogens with zero attached hydrogens (tertiary/aromatic N) is 2. The molecule has 5 nitrogen and oxygen atoms in total. The Morgan fingerprint density at radius 2 is 2.21 bits per heavy atom. The van der Waals surface area contributed by atoms with E-state index in [0.29, 0.717) is 42.8 Å². The van der Waals surface area contributed by atoms with Gasteiger partial charge in [0.15, 0.2) is 0 Å². The van der Waals surface area contributed by atoms with Crippen LogP contribution in [0.3, 0.4) is 0 Å². The number of aromatic amines is 1. The Hall–Kier alpha value is -2.73. The highest BCUT2D eigenvalue weighted by atomic mass is 19.1. The molecular formula is C23H26FN3O2. The first kappa shape index (κ1) is 19.6. The summed E-state index contributed by atoms with van der Waals surface area (Å²) >= 11 is 0. The molecule has 1 aliphatic rings. The second-order valence-electron chi connectivity index (χ2n) is 7.74. The molecular weight excluding hydrogens is 369 g/mol. The van der Waals surface area contributed by atoms with Crippen molar-refractivity contribution < 1.29 is 13.9 Å². The minimum atomic E-state index is -0.301. The van der Waals surface area contributed by atoms with Crippen LogP contribution in [0.1, 0.15) is 36.2 Å². The molecule has 0 bridgehead atoms. The molecule has 4 rings (SSSR count). The van der Waals surface area contributed by atoms with Crippen molar-refractivity contribution in [1.82, 2.24) is 14.9 Å². The number of rotatable bonds is 7. The first-order valence-electron chi connectivity index (χ1n) is 10.2. The Morgan fingerprint density at radius 3 is 3.00 bits per heavy atom. The molecule has 0 saturated carbocycles. The Bertz CT molecular complexity index is 995. The largest absolute Gasteiger partial charge is 0.376 e. The highest BCUT2D eigenvalue weighted by Crippen LogP contribution is 2.18. The van der Waals surface area contributed by atoms with E-state index in [1.165, 1.54) is 17.7 Å². The summed E-state index contributed by atoms with van der Waals surface area (Å²) < 4.78 is 19.1. The number of aromatic nitrogens is 2. The number of ether oxygens (including phenoxy) is 1. The summed E-state index contributed by atoms with van der Waals surface area (Å²) in [6, 6.07) is 12.7. The maximum absolute atomic E-state index is 13.4. The van der Waals surface area contributed by atoms with E-state index in [9.17, 15) is 9.18 Å². The summed E-state index contributed by atoms with van der Waals surface area (Å²) in [5.74, 6) is 0.477. The molecule has 1 unspecified atom stereocenters. The number of nitrogens with one attached hydrogen (secondary N) is 1. The summed E-state index contributed by atoms with van der Waals surface area (Å²) in [6.07, 6.45) is 2.99. The first-order chi connectivity index (χ1) is 14.1. The molecule has 29 heavy (non-hydrogen) atoms. The fourth-order valence-corrected chi connectivity index (χ4v) is 3.86. The fourth-order valence-electron chi connectivity index (χ4n) is 3.86. The van der Waals surface area contributed by atoms with Gasteiger partial charge in [-0.05, 0) is 43.5 Å². The van der Waals surface area contributed by atoms with E-state index < -0.39 is 0 Å². The summed E-state index contributed by atoms with van der Waals surface area (Å²) in [5, 5.41) is 0. The number of fused-ring (bicyclic) bond motifs is 1. The van der Waals surface area contributed by atoms with Gasteiger partial charge in [-0.1, -0.05) is 29.8 Å². The van der Waals surface area contributed by atoms with Crippen molar-refractivity contribution >= 4 is 16.9 Å². The minimum Gasteiger partial charge on any atom is -0.376 e. The molecule has 0 aliphatic carbocycles. The second-order valence-corrected chi connectivity index (χ2v) is 7.74. The molecule has 1 atom stereocenters. The van der Waals surface area contributed by atoms with Gasteiger partial charge in [-0.3, -0.25) is 4.79 Å². The monoisotopic (exact) mass is 395 g/mol. The van der Waals surface area contributed by atoms with Crippen molar-refractivity contribution in [1.29, 1.82) is 0 Å². The molecule has 3 aromatic rings. The predicted octanol–water partition coefficient (Wildman–Crippen LogP) is 4.15. The third-order valence-electron chi connectivity index (χ3n) is 5.33. The Kier molecular flexibility index (Phi) is 5.90. The van der Waals surface area contributed by atoms with E-state index >= 15 is 0 Å². The van der Waals surface area contributed by atoms with Gasteiger partial charge in [-0.25, -0.2) is 9.37 Å². The van der Waals surface area contributed by atoms with Gasteiger partial charge >= 0.3 is 0 Å². The van der Waals surface area contributed by atoms with Gasteiger partial charge in [0.1, 0.15) is 11.6 Å². The van der Waals surface area contributed by atoms with Gasteiger partial charge in [-0.2, -0.15) is 0 Å². The molecule has 2 heterocycles. The smallest absolute Gasteiger partial charge is 0.223 e. The third kappa shape index (κ3) is 5.01. The third-order valence-corrected chi connectivity index (χ3v) is 5.33. The van der Waals surface area contributed by atoms with Gasteiger partial charge < -0.3 is 14.6 Å². The van der Waals surface area contributed by atoms with Gasteiger partial charge in [0.2, 0.25) is 5.91 Å². The van der Waals surface area contributed by atoms with Crippen LogP contribution in [0, 0.1) is 12.7 Å². The van der Waals surface area contributed by atoms with Crippen LogP contribution in [0.5, 0.6) is 0 Å². The van der Waals surface area contributed by atoms with Crippen LogP contribution in [-0.2, 0) is 22.5 Å². The summed E-state index contributed by atoms with van der Waals surface area (Å²) in [4.78, 5) is 22.5. The van der Waals surface area contributed by atoms with Crippen molar-refractivity contribution in [2.45, 2.75) is 45.3 Å². The first-order valence-corrected chi connectivity index (χ1v) is 10.2. The lowest BCUT2D eigenvalue weighted by Gasteiger charge is -2.26. The number of hydrogen-bond acceptors (Lipinski definition) is 3. The molecule has 0 radical (unpaired) electrons. The van der Waals surface area contributed by atoms with Crippen molar-refractivity contribution in [3.05, 3.63) is 65.2 Å². The molecule has 1 aromatic heterocycles. The maximum Gasteiger partial charge on any atom is 0.223 e. The van der Waals surface area contributed by atoms with Crippen LogP contribution in [0.15, 0.2) is 42.5 Å². The van der Waals surface area contributed by atoms with Crippen molar-refractivity contribution in [3.63, 3.8) is 0 Å². The number of amides is 1. The number of benzene rings is 2. The fraction of sp³-hybridized carbons (Fsp3) is 0.391. The van der Waals surface area contributed by atoms with E-state index in [0.717, 1.165) is 25.0 Å². The summed E-state index contributed by atoms with van der Waals surface area (Å²) in [6.45, 7) is 4.01. The molecule has 1 aliphatic heterocycles. The van der Waals surface area contributed by atoms with Crippen LogP contribution >= 0.6 is 0 Å². The molecule has 2 aromatic carbocycles. The highest BCUT2D eigenvalue weighted by Gasteiger charge is 2.23. The number of carbonyl (C=O) groups is 1. The zero-order valence-electron chi connectivity index (χ0n) is 16.7. The Morgan fingerprint density at radius 1 is 1.31 bits per heavy atom. The maximum atomic E-state index is 13.4. The van der Waals surface area contributed by atoms with Crippen LogP contribution < -0.4 is 0 Å². The average molecular weight is 395 g/mol. The number of imidazole rings is 1. The Labute approximate surface area is 169 Å². The van der Waals surface area contributed by atoms with Gasteiger partial charge in [0, 0.05) is 32.5 Å². The minimum absolute atomic E-state index is 0.0774. The quantitative estimate of drug-likeness (QED) is 0.654. The number of carbonyl (C=O) groups excluding carboxylic acids is 1. The summed E-state index contributed by atoms with van der Waals surface area (Å²) in [5.41, 5.74) is 3.67. The zero-order valence-corrected chi connectivity index (χ0v) is 16.7. The molecule has 1 fully saturated rings. The van der Waals surface area contributed by atoms with Crippen LogP contribution in [0.4, 0.5) is 4.39 Å². The van der Waals surface area contributed by atoms with E-state index in [2.05, 4.69) is 35.1 Å². The second kappa shape index (κ2) is 8.74. The van der Waals surface area contributed by atoms with E-state index in [1.54, 1.807) is 6.07 Å². The topological polar surface area (TPSA) is 58.2 Å². The van der Waals surface area contributed by atoms with E-state index in [-0.39, 0.29) is 17.8 Å². The van der Waals surface area contributed by atoms with Crippen LogP contribution in [0.25, 0.3) is 11.0 Å². The van der Waals surface area contributed by atoms with E-state index in [4.69, 9.17) is 4.74 Å². The molecule has 6 heteroatoms. The molecule has 1 N–H and O–H groups in total. The van der Waals surface area contributed by atoms with Crippen molar-refractivity contribution in [2.75, 3.05) is 13.2 Å². The molecule has 152 valence electrons.